The lowest BCUT2D eigenvalue weighted by Crippen LogP contribution is -2.43. The number of carbonyl (C=O) groups is 3. The van der Waals surface area contributed by atoms with Gasteiger partial charge < -0.3 is 10.1 Å². The maximum absolute atomic E-state index is 12.1. The highest BCUT2D eigenvalue weighted by molar-refractivity contribution is 5.84. The molecule has 0 radical (unpaired) electrons. The molecule has 0 saturated carbocycles. The van der Waals surface area contributed by atoms with E-state index in [4.69, 9.17) is 9.94 Å². The molecule has 0 fully saturated rings. The van der Waals surface area contributed by atoms with Crippen LogP contribution in [0.1, 0.15) is 56.9 Å². The van der Waals surface area contributed by atoms with Crippen molar-refractivity contribution < 1.29 is 24.3 Å². The molecule has 1 rings (SSSR count). The second-order valence-corrected chi connectivity index (χ2v) is 6.49. The van der Waals surface area contributed by atoms with Crippen molar-refractivity contribution in [1.82, 2.24) is 10.8 Å². The largest absolute Gasteiger partial charge is 0.467 e. The van der Waals surface area contributed by atoms with E-state index in [1.807, 2.05) is 30.3 Å². The number of ether oxygens (including phenoxy) is 1. The van der Waals surface area contributed by atoms with Crippen LogP contribution in [0.3, 0.4) is 0 Å². The van der Waals surface area contributed by atoms with Crippen molar-refractivity contribution >= 4 is 17.8 Å². The third-order valence-electron chi connectivity index (χ3n) is 4.29. The molecule has 7 heteroatoms. The first kappa shape index (κ1) is 22.6. The predicted octanol–water partition coefficient (Wildman–Crippen LogP) is 2.51. The molecule has 0 saturated heterocycles. The number of methoxy groups -OCH3 is 1. The van der Waals surface area contributed by atoms with Gasteiger partial charge in [0.2, 0.25) is 11.8 Å². The maximum Gasteiger partial charge on any atom is 0.328 e. The van der Waals surface area contributed by atoms with Crippen molar-refractivity contribution in [3.8, 4) is 0 Å². The molecule has 0 spiro atoms. The molecule has 0 bridgehead atoms. The van der Waals surface area contributed by atoms with Crippen molar-refractivity contribution in [1.29, 1.82) is 0 Å². The van der Waals surface area contributed by atoms with E-state index in [-0.39, 0.29) is 11.8 Å². The Morgan fingerprint density at radius 1 is 0.926 bits per heavy atom. The monoisotopic (exact) mass is 378 g/mol. The molecule has 0 aliphatic heterocycles. The van der Waals surface area contributed by atoms with Crippen LogP contribution in [0.4, 0.5) is 0 Å². The predicted molar refractivity (Wildman–Crippen MR) is 101 cm³/mol. The highest BCUT2D eigenvalue weighted by atomic mass is 16.5. The Morgan fingerprint density at radius 2 is 1.48 bits per heavy atom. The standard InChI is InChI=1S/C20H30N2O5/c1-27-20(25)17(15-16-11-7-6-8-12-16)21-18(23)13-9-4-2-3-5-10-14-19(24)22-26/h6-8,11-12,17,26H,2-5,9-10,13-15H2,1H3,(H,21,23)(H,22,24)/t17-/m0/s1. The summed E-state index contributed by atoms with van der Waals surface area (Å²) in [5.41, 5.74) is 2.58. The SMILES string of the molecule is COC(=O)[C@H](Cc1ccccc1)NC(=O)CCCCCCCCC(=O)NO. The summed E-state index contributed by atoms with van der Waals surface area (Å²) >= 11 is 0. The van der Waals surface area contributed by atoms with Crippen molar-refractivity contribution in [2.45, 2.75) is 63.8 Å². The zero-order chi connectivity index (χ0) is 19.9. The molecule has 27 heavy (non-hydrogen) atoms. The summed E-state index contributed by atoms with van der Waals surface area (Å²) < 4.78 is 4.79. The number of rotatable bonds is 13. The number of hydroxylamine groups is 1. The number of unbranched alkanes of at least 4 members (excludes halogenated alkanes) is 5. The normalized spacial score (nSPS) is 11.5. The second kappa shape index (κ2) is 13.7. The third kappa shape index (κ3) is 10.4. The van der Waals surface area contributed by atoms with E-state index >= 15 is 0 Å². The lowest BCUT2D eigenvalue weighted by Gasteiger charge is -2.16. The fraction of sp³-hybridized carbons (Fsp3) is 0.550. The molecule has 7 nitrogen and oxygen atoms in total. The quantitative estimate of drug-likeness (QED) is 0.212. The summed E-state index contributed by atoms with van der Waals surface area (Å²) in [6.07, 6.45) is 6.40. The molecule has 1 aromatic rings. The van der Waals surface area contributed by atoms with Gasteiger partial charge in [0.25, 0.3) is 0 Å². The number of benzene rings is 1. The van der Waals surface area contributed by atoms with E-state index in [0.717, 1.165) is 44.1 Å². The van der Waals surface area contributed by atoms with Gasteiger partial charge in [-0.2, -0.15) is 0 Å². The Kier molecular flexibility index (Phi) is 11.5. The van der Waals surface area contributed by atoms with Gasteiger partial charge in [-0.1, -0.05) is 56.0 Å². The highest BCUT2D eigenvalue weighted by Crippen LogP contribution is 2.09. The number of hydrogen-bond acceptors (Lipinski definition) is 5. The minimum atomic E-state index is -0.678. The molecule has 150 valence electrons. The van der Waals surface area contributed by atoms with Gasteiger partial charge in [-0.3, -0.25) is 14.8 Å². The zero-order valence-electron chi connectivity index (χ0n) is 15.9. The van der Waals surface area contributed by atoms with Crippen LogP contribution < -0.4 is 10.8 Å². The van der Waals surface area contributed by atoms with Crippen LogP contribution in [0.2, 0.25) is 0 Å². The Bertz CT molecular complexity index is 577. The molecule has 0 aliphatic rings. The summed E-state index contributed by atoms with van der Waals surface area (Å²) in [5, 5.41) is 11.2. The molecule has 1 atom stereocenters. The molecule has 3 N–H and O–H groups in total. The van der Waals surface area contributed by atoms with Gasteiger partial charge in [-0.25, -0.2) is 10.3 Å². The van der Waals surface area contributed by atoms with Crippen molar-refractivity contribution in [2.24, 2.45) is 0 Å². The average Bonchev–Trinajstić information content (AvgIpc) is 2.69. The van der Waals surface area contributed by atoms with E-state index in [0.29, 0.717) is 19.3 Å². The maximum atomic E-state index is 12.1. The molecular formula is C20H30N2O5. The zero-order valence-corrected chi connectivity index (χ0v) is 15.9. The van der Waals surface area contributed by atoms with Gasteiger partial charge in [0, 0.05) is 19.3 Å². The first-order valence-electron chi connectivity index (χ1n) is 9.41. The summed E-state index contributed by atoms with van der Waals surface area (Å²) in [4.78, 5) is 34.9. The van der Waals surface area contributed by atoms with Crippen molar-refractivity contribution in [2.75, 3.05) is 7.11 Å². The molecule has 0 aromatic heterocycles. The molecular weight excluding hydrogens is 348 g/mol. The summed E-state index contributed by atoms with van der Waals surface area (Å²) in [6, 6.07) is 8.82. The van der Waals surface area contributed by atoms with Crippen LogP contribution in [0.15, 0.2) is 30.3 Å². The first-order valence-corrected chi connectivity index (χ1v) is 9.41. The van der Waals surface area contributed by atoms with E-state index < -0.39 is 12.0 Å². The first-order chi connectivity index (χ1) is 13.1. The number of nitrogens with one attached hydrogen (secondary N) is 2. The lowest BCUT2D eigenvalue weighted by molar-refractivity contribution is -0.145. The minimum Gasteiger partial charge on any atom is -0.467 e. The molecule has 2 amide bonds. The molecule has 1 aromatic carbocycles. The number of esters is 1. The fourth-order valence-corrected chi connectivity index (χ4v) is 2.79. The Balaban J connectivity index is 2.22. The smallest absolute Gasteiger partial charge is 0.328 e. The van der Waals surface area contributed by atoms with Gasteiger partial charge in [0.1, 0.15) is 6.04 Å². The topological polar surface area (TPSA) is 105 Å². The second-order valence-electron chi connectivity index (χ2n) is 6.49. The number of carbonyl (C=O) groups excluding carboxylic acids is 3. The van der Waals surface area contributed by atoms with Crippen molar-refractivity contribution in [3.05, 3.63) is 35.9 Å². The molecule has 0 aliphatic carbocycles. The van der Waals surface area contributed by atoms with Crippen LogP contribution in [0.25, 0.3) is 0 Å². The summed E-state index contributed by atoms with van der Waals surface area (Å²) in [5.74, 6) is -0.956. The Morgan fingerprint density at radius 3 is 2.04 bits per heavy atom. The Hall–Kier alpha value is -2.41. The number of hydrogen-bond donors (Lipinski definition) is 3. The molecule has 0 unspecified atom stereocenters. The van der Waals surface area contributed by atoms with Crippen LogP contribution in [-0.2, 0) is 25.5 Å². The van der Waals surface area contributed by atoms with E-state index in [1.165, 1.54) is 7.11 Å². The van der Waals surface area contributed by atoms with Gasteiger partial charge in [0.05, 0.1) is 7.11 Å². The van der Waals surface area contributed by atoms with Crippen LogP contribution in [0.5, 0.6) is 0 Å². The highest BCUT2D eigenvalue weighted by Gasteiger charge is 2.21. The van der Waals surface area contributed by atoms with Crippen LogP contribution in [0, 0.1) is 0 Å². The Labute approximate surface area is 160 Å². The van der Waals surface area contributed by atoms with Gasteiger partial charge in [-0.15, -0.1) is 0 Å². The van der Waals surface area contributed by atoms with E-state index in [1.54, 1.807) is 5.48 Å². The fourth-order valence-electron chi connectivity index (χ4n) is 2.79. The minimum absolute atomic E-state index is 0.152. The van der Waals surface area contributed by atoms with Gasteiger partial charge in [0.15, 0.2) is 0 Å². The summed E-state index contributed by atoms with van der Waals surface area (Å²) in [6.45, 7) is 0. The van der Waals surface area contributed by atoms with Gasteiger partial charge >= 0.3 is 5.97 Å². The summed E-state index contributed by atoms with van der Waals surface area (Å²) in [7, 11) is 1.32. The molecule has 0 heterocycles. The van der Waals surface area contributed by atoms with Crippen LogP contribution >= 0.6 is 0 Å². The van der Waals surface area contributed by atoms with Crippen LogP contribution in [-0.4, -0.2) is 36.1 Å². The van der Waals surface area contributed by atoms with E-state index in [9.17, 15) is 14.4 Å². The third-order valence-corrected chi connectivity index (χ3v) is 4.29. The van der Waals surface area contributed by atoms with E-state index in [2.05, 4.69) is 5.32 Å². The average molecular weight is 378 g/mol. The van der Waals surface area contributed by atoms with Gasteiger partial charge in [-0.05, 0) is 18.4 Å². The lowest BCUT2D eigenvalue weighted by atomic mass is 10.1. The number of amides is 2. The van der Waals surface area contributed by atoms with Crippen molar-refractivity contribution in [3.63, 3.8) is 0 Å².